The first kappa shape index (κ1) is 16.5. The van der Waals surface area contributed by atoms with Crippen molar-refractivity contribution < 1.29 is 19.0 Å². The van der Waals surface area contributed by atoms with E-state index in [1.165, 1.54) is 11.6 Å². The van der Waals surface area contributed by atoms with Crippen LogP contribution in [0.4, 0.5) is 4.39 Å². The topological polar surface area (TPSA) is 58.6 Å². The predicted molar refractivity (Wildman–Crippen MR) is 88.2 cm³/mol. The van der Waals surface area contributed by atoms with E-state index in [1.807, 2.05) is 19.9 Å². The molecule has 0 bridgehead atoms. The van der Waals surface area contributed by atoms with E-state index in [0.717, 1.165) is 22.4 Å². The summed E-state index contributed by atoms with van der Waals surface area (Å²) in [7, 11) is 0. The Morgan fingerprint density at radius 1 is 1.29 bits per heavy atom. The van der Waals surface area contributed by atoms with Crippen molar-refractivity contribution in [2.75, 3.05) is 0 Å². The summed E-state index contributed by atoms with van der Waals surface area (Å²) in [4.78, 5) is 12.3. The maximum absolute atomic E-state index is 13.4. The van der Waals surface area contributed by atoms with Gasteiger partial charge in [0.15, 0.2) is 6.10 Å². The average Bonchev–Trinajstić information content (AvgIpc) is 2.97. The van der Waals surface area contributed by atoms with Crippen molar-refractivity contribution in [3.05, 3.63) is 64.0 Å². The van der Waals surface area contributed by atoms with Gasteiger partial charge >= 0.3 is 0 Å². The van der Waals surface area contributed by atoms with Crippen LogP contribution in [0.5, 0.6) is 5.75 Å². The monoisotopic (exact) mass is 329 g/mol. The Morgan fingerprint density at radius 3 is 2.79 bits per heavy atom. The van der Waals surface area contributed by atoms with Crippen molar-refractivity contribution in [2.24, 2.45) is 0 Å². The first-order valence-electron chi connectivity index (χ1n) is 7.90. The van der Waals surface area contributed by atoms with Crippen LogP contribution in [-0.2, 0) is 24.4 Å². The SMILES string of the molecule is Cc1cc2c(cc1C)OC(C(=O)NCc1ccc(F)c(CO)c1)C2. The third-order valence-corrected chi connectivity index (χ3v) is 4.39. The van der Waals surface area contributed by atoms with Crippen LogP contribution in [0.3, 0.4) is 0 Å². The molecule has 3 rings (SSSR count). The van der Waals surface area contributed by atoms with E-state index in [2.05, 4.69) is 11.4 Å². The molecule has 0 radical (unpaired) electrons. The molecule has 0 saturated heterocycles. The van der Waals surface area contributed by atoms with Crippen LogP contribution in [0.2, 0.25) is 0 Å². The first-order valence-corrected chi connectivity index (χ1v) is 7.90. The fourth-order valence-electron chi connectivity index (χ4n) is 2.82. The van der Waals surface area contributed by atoms with Gasteiger partial charge in [-0.1, -0.05) is 12.1 Å². The summed E-state index contributed by atoms with van der Waals surface area (Å²) in [6, 6.07) is 8.45. The number of amides is 1. The Bertz CT molecular complexity index is 757. The van der Waals surface area contributed by atoms with E-state index in [-0.39, 0.29) is 24.6 Å². The lowest BCUT2D eigenvalue weighted by Crippen LogP contribution is -2.37. The number of nitrogens with one attached hydrogen (secondary N) is 1. The Hall–Kier alpha value is -2.40. The van der Waals surface area contributed by atoms with Crippen molar-refractivity contribution in [3.8, 4) is 5.75 Å². The second kappa shape index (κ2) is 6.61. The minimum Gasteiger partial charge on any atom is -0.480 e. The van der Waals surface area contributed by atoms with E-state index in [9.17, 15) is 9.18 Å². The Kier molecular flexibility index (Phi) is 4.53. The molecule has 2 N–H and O–H groups in total. The minimum atomic E-state index is -0.543. The van der Waals surface area contributed by atoms with E-state index >= 15 is 0 Å². The highest BCUT2D eigenvalue weighted by atomic mass is 19.1. The summed E-state index contributed by atoms with van der Waals surface area (Å²) in [5, 5.41) is 11.9. The molecule has 1 atom stereocenters. The zero-order chi connectivity index (χ0) is 17.3. The Labute approximate surface area is 140 Å². The van der Waals surface area contributed by atoms with E-state index in [4.69, 9.17) is 9.84 Å². The average molecular weight is 329 g/mol. The normalized spacial score (nSPS) is 15.8. The van der Waals surface area contributed by atoms with Crippen molar-refractivity contribution in [3.63, 3.8) is 0 Å². The van der Waals surface area contributed by atoms with Gasteiger partial charge < -0.3 is 15.2 Å². The van der Waals surface area contributed by atoms with Gasteiger partial charge in [0.1, 0.15) is 11.6 Å². The predicted octanol–water partition coefficient (Wildman–Crippen LogP) is 2.55. The molecule has 2 aromatic rings. The van der Waals surface area contributed by atoms with E-state index in [0.29, 0.717) is 6.42 Å². The number of aryl methyl sites for hydroxylation is 2. The van der Waals surface area contributed by atoms with Crippen LogP contribution < -0.4 is 10.1 Å². The van der Waals surface area contributed by atoms with Crippen molar-refractivity contribution in [2.45, 2.75) is 39.5 Å². The summed E-state index contributed by atoms with van der Waals surface area (Å²) >= 11 is 0. The third-order valence-electron chi connectivity index (χ3n) is 4.39. The molecule has 0 spiro atoms. The van der Waals surface area contributed by atoms with Crippen LogP contribution in [0.15, 0.2) is 30.3 Å². The fourth-order valence-corrected chi connectivity index (χ4v) is 2.82. The molecule has 0 aliphatic carbocycles. The number of halogens is 1. The number of ether oxygens (including phenoxy) is 1. The molecular formula is C19H20FNO3. The summed E-state index contributed by atoms with van der Waals surface area (Å²) in [6.45, 7) is 3.95. The van der Waals surface area contributed by atoms with E-state index in [1.54, 1.807) is 12.1 Å². The number of carbonyl (C=O) groups is 1. The molecule has 2 aromatic carbocycles. The molecule has 126 valence electrons. The molecule has 1 aliphatic heterocycles. The van der Waals surface area contributed by atoms with Gasteiger partial charge in [0, 0.05) is 18.5 Å². The molecule has 4 nitrogen and oxygen atoms in total. The number of fused-ring (bicyclic) bond motifs is 1. The van der Waals surface area contributed by atoms with Crippen molar-refractivity contribution >= 4 is 5.91 Å². The lowest BCUT2D eigenvalue weighted by molar-refractivity contribution is -0.127. The molecule has 1 heterocycles. The number of rotatable bonds is 4. The largest absolute Gasteiger partial charge is 0.480 e. The molecule has 0 aromatic heterocycles. The highest BCUT2D eigenvalue weighted by molar-refractivity contribution is 5.82. The first-order chi connectivity index (χ1) is 11.5. The number of aliphatic hydroxyl groups is 1. The van der Waals surface area contributed by atoms with Crippen LogP contribution >= 0.6 is 0 Å². The minimum absolute atomic E-state index is 0.198. The van der Waals surface area contributed by atoms with Gasteiger partial charge in [-0.15, -0.1) is 0 Å². The Balaban J connectivity index is 1.62. The number of carbonyl (C=O) groups excluding carboxylic acids is 1. The lowest BCUT2D eigenvalue weighted by atomic mass is 10.0. The van der Waals surface area contributed by atoms with Gasteiger partial charge in [-0.3, -0.25) is 4.79 Å². The highest BCUT2D eigenvalue weighted by Crippen LogP contribution is 2.31. The van der Waals surface area contributed by atoms with Crippen LogP contribution in [0.25, 0.3) is 0 Å². The summed E-state index contributed by atoms with van der Waals surface area (Å²) in [5.74, 6) is 0.117. The molecular weight excluding hydrogens is 309 g/mol. The van der Waals surface area contributed by atoms with Gasteiger partial charge in [-0.2, -0.15) is 0 Å². The zero-order valence-electron chi connectivity index (χ0n) is 13.7. The lowest BCUT2D eigenvalue weighted by Gasteiger charge is -2.12. The summed E-state index contributed by atoms with van der Waals surface area (Å²) in [6.07, 6.45) is 0.00657. The number of hydrogen-bond donors (Lipinski definition) is 2. The van der Waals surface area contributed by atoms with Crippen molar-refractivity contribution in [1.29, 1.82) is 0 Å². The molecule has 1 unspecified atom stereocenters. The smallest absolute Gasteiger partial charge is 0.261 e. The molecule has 0 fully saturated rings. The second-order valence-corrected chi connectivity index (χ2v) is 6.16. The standard InChI is InChI=1S/C19H20FNO3/c1-11-5-14-8-18(24-17(14)6-12(11)2)19(23)21-9-13-3-4-16(20)15(7-13)10-22/h3-7,18,22H,8-10H2,1-2H3,(H,21,23). The quantitative estimate of drug-likeness (QED) is 0.906. The number of aliphatic hydroxyl groups excluding tert-OH is 1. The molecule has 24 heavy (non-hydrogen) atoms. The number of hydrogen-bond acceptors (Lipinski definition) is 3. The fraction of sp³-hybridized carbons (Fsp3) is 0.316. The van der Waals surface area contributed by atoms with Crippen LogP contribution in [-0.4, -0.2) is 17.1 Å². The molecule has 5 heteroatoms. The van der Waals surface area contributed by atoms with Gasteiger partial charge in [-0.05, 0) is 54.3 Å². The zero-order valence-corrected chi connectivity index (χ0v) is 13.7. The van der Waals surface area contributed by atoms with Gasteiger partial charge in [0.05, 0.1) is 6.61 Å². The Morgan fingerprint density at radius 2 is 2.04 bits per heavy atom. The molecule has 1 aliphatic rings. The number of benzene rings is 2. The highest BCUT2D eigenvalue weighted by Gasteiger charge is 2.29. The van der Waals surface area contributed by atoms with Crippen molar-refractivity contribution in [1.82, 2.24) is 5.32 Å². The van der Waals surface area contributed by atoms with E-state index < -0.39 is 11.9 Å². The van der Waals surface area contributed by atoms with Gasteiger partial charge in [0.2, 0.25) is 0 Å². The summed E-state index contributed by atoms with van der Waals surface area (Å²) in [5.41, 5.74) is 4.31. The van der Waals surface area contributed by atoms with Gasteiger partial charge in [0.25, 0.3) is 5.91 Å². The third kappa shape index (κ3) is 3.26. The van der Waals surface area contributed by atoms with Crippen LogP contribution in [0, 0.1) is 19.7 Å². The second-order valence-electron chi connectivity index (χ2n) is 6.16. The maximum Gasteiger partial charge on any atom is 0.261 e. The van der Waals surface area contributed by atoms with Crippen LogP contribution in [0.1, 0.15) is 27.8 Å². The van der Waals surface area contributed by atoms with Gasteiger partial charge in [-0.25, -0.2) is 4.39 Å². The maximum atomic E-state index is 13.4. The summed E-state index contributed by atoms with van der Waals surface area (Å²) < 4.78 is 19.1. The molecule has 1 amide bonds. The molecule has 0 saturated carbocycles.